The first kappa shape index (κ1) is 13.4. The Morgan fingerprint density at radius 1 is 1.56 bits per heavy atom. The molecule has 94 valence electrons. The van der Waals surface area contributed by atoms with E-state index in [0.29, 0.717) is 19.0 Å². The average molecular weight is 229 g/mol. The number of methoxy groups -OCH3 is 1. The minimum atomic E-state index is -0.150. The highest BCUT2D eigenvalue weighted by Crippen LogP contribution is 2.09. The number of piperazine rings is 1. The molecule has 0 aromatic heterocycles. The summed E-state index contributed by atoms with van der Waals surface area (Å²) in [5, 5.41) is 0. The lowest BCUT2D eigenvalue weighted by Crippen LogP contribution is -2.52. The SMILES string of the molecule is COC(CN)CC(=O)N1CCN(C)C(C)C1. The number of nitrogens with two attached hydrogens (primary N) is 1. The second-order valence-corrected chi connectivity index (χ2v) is 4.47. The van der Waals surface area contributed by atoms with Crippen LogP contribution in [0.4, 0.5) is 0 Å². The van der Waals surface area contributed by atoms with E-state index in [1.165, 1.54) is 0 Å². The first-order chi connectivity index (χ1) is 7.58. The van der Waals surface area contributed by atoms with Crippen LogP contribution < -0.4 is 5.73 Å². The Bertz CT molecular complexity index is 231. The van der Waals surface area contributed by atoms with Crippen LogP contribution in [0.5, 0.6) is 0 Å². The standard InChI is InChI=1S/C11H23N3O2/c1-9-8-14(5-4-13(9)2)11(15)6-10(7-12)16-3/h9-10H,4-8,12H2,1-3H3. The molecule has 1 rings (SSSR count). The van der Waals surface area contributed by atoms with Gasteiger partial charge in [0.25, 0.3) is 0 Å². The molecule has 0 bridgehead atoms. The van der Waals surface area contributed by atoms with Crippen LogP contribution in [0.25, 0.3) is 0 Å². The lowest BCUT2D eigenvalue weighted by Gasteiger charge is -2.38. The van der Waals surface area contributed by atoms with E-state index in [2.05, 4.69) is 18.9 Å². The van der Waals surface area contributed by atoms with E-state index >= 15 is 0 Å². The van der Waals surface area contributed by atoms with Gasteiger partial charge >= 0.3 is 0 Å². The summed E-state index contributed by atoms with van der Waals surface area (Å²) >= 11 is 0. The van der Waals surface area contributed by atoms with Crippen LogP contribution in [-0.4, -0.2) is 68.2 Å². The Kier molecular flexibility index (Phi) is 5.18. The van der Waals surface area contributed by atoms with E-state index in [0.717, 1.165) is 19.6 Å². The monoisotopic (exact) mass is 229 g/mol. The van der Waals surface area contributed by atoms with Gasteiger partial charge in [-0.2, -0.15) is 0 Å². The third-order valence-corrected chi connectivity index (χ3v) is 3.31. The molecule has 0 spiro atoms. The van der Waals surface area contributed by atoms with Crippen molar-refractivity contribution in [2.24, 2.45) is 5.73 Å². The molecule has 1 amide bonds. The van der Waals surface area contributed by atoms with Gasteiger partial charge in [0.2, 0.25) is 5.91 Å². The second kappa shape index (κ2) is 6.18. The van der Waals surface area contributed by atoms with E-state index in [1.54, 1.807) is 7.11 Å². The van der Waals surface area contributed by atoms with Crippen molar-refractivity contribution in [3.8, 4) is 0 Å². The number of hydrogen-bond donors (Lipinski definition) is 1. The summed E-state index contributed by atoms with van der Waals surface area (Å²) < 4.78 is 5.13. The van der Waals surface area contributed by atoms with Gasteiger partial charge in [0.05, 0.1) is 12.5 Å². The van der Waals surface area contributed by atoms with Crippen molar-refractivity contribution in [1.82, 2.24) is 9.80 Å². The van der Waals surface area contributed by atoms with Crippen LogP contribution in [0.15, 0.2) is 0 Å². The summed E-state index contributed by atoms with van der Waals surface area (Å²) in [6, 6.07) is 0.427. The van der Waals surface area contributed by atoms with Crippen molar-refractivity contribution in [3.63, 3.8) is 0 Å². The van der Waals surface area contributed by atoms with Crippen molar-refractivity contribution in [2.45, 2.75) is 25.5 Å². The summed E-state index contributed by atoms with van der Waals surface area (Å²) in [6.45, 7) is 5.08. The summed E-state index contributed by atoms with van der Waals surface area (Å²) in [6.07, 6.45) is 0.242. The van der Waals surface area contributed by atoms with Crippen molar-refractivity contribution < 1.29 is 9.53 Å². The van der Waals surface area contributed by atoms with Crippen LogP contribution in [0.3, 0.4) is 0 Å². The normalized spacial score (nSPS) is 24.5. The molecule has 2 N–H and O–H groups in total. The summed E-state index contributed by atoms with van der Waals surface area (Å²) in [7, 11) is 3.68. The maximum Gasteiger partial charge on any atom is 0.225 e. The predicted octanol–water partition coefficient (Wildman–Crippen LogP) is -0.487. The summed E-state index contributed by atoms with van der Waals surface area (Å²) in [5.74, 6) is 0.150. The zero-order chi connectivity index (χ0) is 12.1. The van der Waals surface area contributed by atoms with E-state index in [4.69, 9.17) is 10.5 Å². The van der Waals surface area contributed by atoms with Crippen LogP contribution in [0.1, 0.15) is 13.3 Å². The Morgan fingerprint density at radius 3 is 2.75 bits per heavy atom. The lowest BCUT2D eigenvalue weighted by atomic mass is 10.1. The molecule has 1 saturated heterocycles. The first-order valence-corrected chi connectivity index (χ1v) is 5.79. The van der Waals surface area contributed by atoms with Gasteiger partial charge in [-0.3, -0.25) is 4.79 Å². The minimum Gasteiger partial charge on any atom is -0.380 e. The van der Waals surface area contributed by atoms with E-state index < -0.39 is 0 Å². The Hall–Kier alpha value is -0.650. The third-order valence-electron chi connectivity index (χ3n) is 3.31. The number of ether oxygens (including phenoxy) is 1. The fourth-order valence-electron chi connectivity index (χ4n) is 1.86. The molecular weight excluding hydrogens is 206 g/mol. The Morgan fingerprint density at radius 2 is 2.25 bits per heavy atom. The van der Waals surface area contributed by atoms with Gasteiger partial charge in [-0.1, -0.05) is 0 Å². The topological polar surface area (TPSA) is 58.8 Å². The third kappa shape index (κ3) is 3.43. The zero-order valence-electron chi connectivity index (χ0n) is 10.5. The number of likely N-dealkylation sites (N-methyl/N-ethyl adjacent to an activating group) is 1. The van der Waals surface area contributed by atoms with Gasteiger partial charge in [0, 0.05) is 39.3 Å². The number of rotatable bonds is 4. The minimum absolute atomic E-state index is 0.150. The molecule has 0 aromatic rings. The van der Waals surface area contributed by atoms with Crippen LogP contribution in [0, 0.1) is 0 Å². The fraction of sp³-hybridized carbons (Fsp3) is 0.909. The predicted molar refractivity (Wildman–Crippen MR) is 63.1 cm³/mol. The molecule has 0 radical (unpaired) electrons. The zero-order valence-corrected chi connectivity index (χ0v) is 10.5. The van der Waals surface area contributed by atoms with E-state index in [1.807, 2.05) is 4.90 Å². The molecule has 0 aliphatic carbocycles. The second-order valence-electron chi connectivity index (χ2n) is 4.47. The van der Waals surface area contributed by atoms with Crippen molar-refractivity contribution in [1.29, 1.82) is 0 Å². The molecule has 2 unspecified atom stereocenters. The summed E-state index contributed by atoms with van der Waals surface area (Å²) in [5.41, 5.74) is 5.51. The summed E-state index contributed by atoms with van der Waals surface area (Å²) in [4.78, 5) is 16.1. The van der Waals surface area contributed by atoms with Crippen molar-refractivity contribution >= 4 is 5.91 Å². The highest BCUT2D eigenvalue weighted by molar-refractivity contribution is 5.76. The van der Waals surface area contributed by atoms with E-state index in [-0.39, 0.29) is 12.0 Å². The van der Waals surface area contributed by atoms with Crippen LogP contribution in [0.2, 0.25) is 0 Å². The van der Waals surface area contributed by atoms with Gasteiger partial charge < -0.3 is 20.3 Å². The number of nitrogens with zero attached hydrogens (tertiary/aromatic N) is 2. The number of carbonyl (C=O) groups excluding carboxylic acids is 1. The maximum absolute atomic E-state index is 12.0. The lowest BCUT2D eigenvalue weighted by molar-refractivity contribution is -0.136. The van der Waals surface area contributed by atoms with Crippen LogP contribution >= 0.6 is 0 Å². The molecule has 5 heteroatoms. The van der Waals surface area contributed by atoms with Gasteiger partial charge in [0.1, 0.15) is 0 Å². The maximum atomic E-state index is 12.0. The molecule has 16 heavy (non-hydrogen) atoms. The molecule has 0 saturated carbocycles. The average Bonchev–Trinajstić information content (AvgIpc) is 2.29. The Balaban J connectivity index is 2.42. The van der Waals surface area contributed by atoms with E-state index in [9.17, 15) is 4.79 Å². The Labute approximate surface area is 97.5 Å². The molecule has 1 aliphatic rings. The highest BCUT2D eigenvalue weighted by Gasteiger charge is 2.25. The molecule has 0 aromatic carbocycles. The molecule has 1 heterocycles. The first-order valence-electron chi connectivity index (χ1n) is 5.79. The largest absolute Gasteiger partial charge is 0.380 e. The van der Waals surface area contributed by atoms with Crippen LogP contribution in [-0.2, 0) is 9.53 Å². The highest BCUT2D eigenvalue weighted by atomic mass is 16.5. The number of amides is 1. The quantitative estimate of drug-likeness (QED) is 0.707. The van der Waals surface area contributed by atoms with Crippen molar-refractivity contribution in [2.75, 3.05) is 40.3 Å². The number of carbonyl (C=O) groups is 1. The molecule has 1 fully saturated rings. The smallest absolute Gasteiger partial charge is 0.225 e. The van der Waals surface area contributed by atoms with Gasteiger partial charge in [0.15, 0.2) is 0 Å². The molecule has 5 nitrogen and oxygen atoms in total. The van der Waals surface area contributed by atoms with Crippen molar-refractivity contribution in [3.05, 3.63) is 0 Å². The van der Waals surface area contributed by atoms with Gasteiger partial charge in [-0.15, -0.1) is 0 Å². The molecular formula is C11H23N3O2. The van der Waals surface area contributed by atoms with Gasteiger partial charge in [-0.05, 0) is 14.0 Å². The molecule has 1 aliphatic heterocycles. The fourth-order valence-corrected chi connectivity index (χ4v) is 1.86. The van der Waals surface area contributed by atoms with Gasteiger partial charge in [-0.25, -0.2) is 0 Å². The number of hydrogen-bond acceptors (Lipinski definition) is 4. The molecule has 2 atom stereocenters.